The normalized spacial score (nSPS) is 35.1. The van der Waals surface area contributed by atoms with Crippen LogP contribution in [0, 0.1) is 34.5 Å². The van der Waals surface area contributed by atoms with E-state index in [-0.39, 0.29) is 18.0 Å². The van der Waals surface area contributed by atoms with E-state index in [9.17, 15) is 4.79 Å². The van der Waals surface area contributed by atoms with Gasteiger partial charge in [-0.05, 0) is 74.0 Å². The monoisotopic (exact) mass is 295 g/mol. The van der Waals surface area contributed by atoms with Crippen molar-refractivity contribution in [3.8, 4) is 6.07 Å². The number of esters is 1. The van der Waals surface area contributed by atoms with E-state index in [0.29, 0.717) is 5.56 Å². The summed E-state index contributed by atoms with van der Waals surface area (Å²) >= 11 is 0. The molecule has 5 rings (SSSR count). The number of hydrogen-bond donors (Lipinski definition) is 0. The van der Waals surface area contributed by atoms with Crippen LogP contribution in [-0.2, 0) is 16.1 Å². The second kappa shape index (κ2) is 5.12. The molecule has 0 radical (unpaired) electrons. The lowest BCUT2D eigenvalue weighted by Gasteiger charge is -2.55. The quantitative estimate of drug-likeness (QED) is 0.797. The Morgan fingerprint density at radius 2 is 1.82 bits per heavy atom. The molecule has 3 nitrogen and oxygen atoms in total. The minimum absolute atomic E-state index is 0.00830. The first-order chi connectivity index (χ1) is 10.7. The van der Waals surface area contributed by atoms with Crippen LogP contribution in [-0.4, -0.2) is 5.97 Å². The average molecular weight is 295 g/mol. The van der Waals surface area contributed by atoms with Crippen molar-refractivity contribution in [3.63, 3.8) is 0 Å². The third-order valence-electron chi connectivity index (χ3n) is 5.90. The van der Waals surface area contributed by atoms with Gasteiger partial charge in [0, 0.05) is 0 Å². The molecule has 3 heteroatoms. The number of nitrogens with zero attached hydrogens (tertiary/aromatic N) is 1. The fourth-order valence-corrected chi connectivity index (χ4v) is 5.39. The maximum atomic E-state index is 12.7. The van der Waals surface area contributed by atoms with E-state index in [0.717, 1.165) is 42.6 Å². The van der Waals surface area contributed by atoms with Crippen molar-refractivity contribution in [1.29, 1.82) is 5.26 Å². The van der Waals surface area contributed by atoms with E-state index >= 15 is 0 Å². The third-order valence-corrected chi connectivity index (χ3v) is 5.90. The number of ether oxygens (including phenoxy) is 1. The van der Waals surface area contributed by atoms with Crippen molar-refractivity contribution < 1.29 is 9.53 Å². The summed E-state index contributed by atoms with van der Waals surface area (Å²) in [5.41, 5.74) is 1.32. The highest BCUT2D eigenvalue weighted by atomic mass is 16.5. The molecule has 0 spiro atoms. The summed E-state index contributed by atoms with van der Waals surface area (Å²) in [6.45, 7) is 0.288. The van der Waals surface area contributed by atoms with E-state index in [4.69, 9.17) is 10.00 Å². The summed E-state index contributed by atoms with van der Waals surface area (Å²) in [7, 11) is 0. The highest BCUT2D eigenvalue weighted by Crippen LogP contribution is 2.60. The van der Waals surface area contributed by atoms with Gasteiger partial charge in [0.05, 0.1) is 17.0 Å². The average Bonchev–Trinajstić information content (AvgIpc) is 2.51. The zero-order valence-electron chi connectivity index (χ0n) is 12.8. The minimum Gasteiger partial charge on any atom is -0.460 e. The smallest absolute Gasteiger partial charge is 0.312 e. The van der Waals surface area contributed by atoms with Crippen molar-refractivity contribution in [3.05, 3.63) is 35.4 Å². The maximum Gasteiger partial charge on any atom is 0.312 e. The SMILES string of the molecule is N#Cc1cccc(COC(=O)C23CC4CC(CC(C4)C2)C3)c1. The molecule has 4 aliphatic rings. The first-order valence-corrected chi connectivity index (χ1v) is 8.33. The van der Waals surface area contributed by atoms with Gasteiger partial charge in [-0.3, -0.25) is 4.79 Å². The van der Waals surface area contributed by atoms with Crippen LogP contribution in [0.1, 0.15) is 49.7 Å². The summed E-state index contributed by atoms with van der Waals surface area (Å²) in [6, 6.07) is 9.44. The molecule has 0 aromatic heterocycles. The summed E-state index contributed by atoms with van der Waals surface area (Å²) in [4.78, 5) is 12.7. The predicted molar refractivity (Wildman–Crippen MR) is 81.6 cm³/mol. The van der Waals surface area contributed by atoms with Crippen molar-refractivity contribution >= 4 is 5.97 Å². The van der Waals surface area contributed by atoms with Gasteiger partial charge in [-0.25, -0.2) is 0 Å². The Balaban J connectivity index is 1.45. The Labute approximate surface area is 131 Å². The van der Waals surface area contributed by atoms with Gasteiger partial charge < -0.3 is 4.74 Å². The molecule has 1 aromatic carbocycles. The number of carbonyl (C=O) groups is 1. The highest BCUT2D eigenvalue weighted by Gasteiger charge is 2.55. The Kier molecular flexibility index (Phi) is 3.22. The van der Waals surface area contributed by atoms with E-state index < -0.39 is 0 Å². The first kappa shape index (κ1) is 13.8. The molecule has 4 saturated carbocycles. The molecule has 0 aliphatic heterocycles. The van der Waals surface area contributed by atoms with Gasteiger partial charge in [-0.1, -0.05) is 12.1 Å². The second-order valence-electron chi connectivity index (χ2n) is 7.59. The number of benzene rings is 1. The summed E-state index contributed by atoms with van der Waals surface area (Å²) < 4.78 is 5.66. The van der Waals surface area contributed by atoms with Crippen LogP contribution in [0.3, 0.4) is 0 Å². The fourth-order valence-electron chi connectivity index (χ4n) is 5.39. The number of hydrogen-bond acceptors (Lipinski definition) is 3. The molecule has 0 saturated heterocycles. The lowest BCUT2D eigenvalue weighted by atomic mass is 9.49. The Hall–Kier alpha value is -1.82. The van der Waals surface area contributed by atoms with Gasteiger partial charge in [0.25, 0.3) is 0 Å². The van der Waals surface area contributed by atoms with Gasteiger partial charge in [-0.2, -0.15) is 5.26 Å². The largest absolute Gasteiger partial charge is 0.460 e. The lowest BCUT2D eigenvalue weighted by molar-refractivity contribution is -0.172. The van der Waals surface area contributed by atoms with E-state index in [1.807, 2.05) is 12.1 Å². The molecule has 4 aliphatic carbocycles. The van der Waals surface area contributed by atoms with Gasteiger partial charge in [0.1, 0.15) is 6.61 Å². The topological polar surface area (TPSA) is 50.1 Å². The fraction of sp³-hybridized carbons (Fsp3) is 0.579. The number of carbonyl (C=O) groups excluding carboxylic acids is 1. The Morgan fingerprint density at radius 1 is 1.18 bits per heavy atom. The van der Waals surface area contributed by atoms with Gasteiger partial charge >= 0.3 is 5.97 Å². The third kappa shape index (κ3) is 2.31. The van der Waals surface area contributed by atoms with Gasteiger partial charge in [-0.15, -0.1) is 0 Å². The Bertz CT molecular complexity index is 608. The van der Waals surface area contributed by atoms with Crippen molar-refractivity contribution in [2.45, 2.75) is 45.1 Å². The Morgan fingerprint density at radius 3 is 2.41 bits per heavy atom. The van der Waals surface area contributed by atoms with Crippen molar-refractivity contribution in [1.82, 2.24) is 0 Å². The molecule has 0 atom stereocenters. The number of rotatable bonds is 3. The molecular formula is C19H21NO2. The molecular weight excluding hydrogens is 274 g/mol. The summed E-state index contributed by atoms with van der Waals surface area (Å²) in [6.07, 6.45) is 7.10. The second-order valence-corrected chi connectivity index (χ2v) is 7.59. The van der Waals surface area contributed by atoms with Crippen LogP contribution < -0.4 is 0 Å². The van der Waals surface area contributed by atoms with Crippen LogP contribution in [0.25, 0.3) is 0 Å². The van der Waals surface area contributed by atoms with Crippen molar-refractivity contribution in [2.24, 2.45) is 23.2 Å². The van der Waals surface area contributed by atoms with E-state index in [1.54, 1.807) is 12.1 Å². The molecule has 1 aromatic rings. The van der Waals surface area contributed by atoms with Crippen LogP contribution in [0.5, 0.6) is 0 Å². The van der Waals surface area contributed by atoms with Crippen LogP contribution in [0.15, 0.2) is 24.3 Å². The predicted octanol–water partition coefficient (Wildman–Crippen LogP) is 3.82. The molecule has 22 heavy (non-hydrogen) atoms. The molecule has 0 unspecified atom stereocenters. The molecule has 0 amide bonds. The summed E-state index contributed by atoms with van der Waals surface area (Å²) in [5, 5.41) is 8.94. The van der Waals surface area contributed by atoms with E-state index in [2.05, 4.69) is 6.07 Å². The minimum atomic E-state index is -0.193. The van der Waals surface area contributed by atoms with Crippen LogP contribution in [0.2, 0.25) is 0 Å². The number of nitriles is 1. The molecule has 4 bridgehead atoms. The van der Waals surface area contributed by atoms with Crippen molar-refractivity contribution in [2.75, 3.05) is 0 Å². The first-order valence-electron chi connectivity index (χ1n) is 8.33. The summed E-state index contributed by atoms with van der Waals surface area (Å²) in [5.74, 6) is 2.26. The van der Waals surface area contributed by atoms with Crippen LogP contribution >= 0.6 is 0 Å². The van der Waals surface area contributed by atoms with Gasteiger partial charge in [0.2, 0.25) is 0 Å². The van der Waals surface area contributed by atoms with Gasteiger partial charge in [0.15, 0.2) is 0 Å². The lowest BCUT2D eigenvalue weighted by Crippen LogP contribution is -2.50. The zero-order valence-corrected chi connectivity index (χ0v) is 12.8. The molecule has 4 fully saturated rings. The molecule has 0 N–H and O–H groups in total. The molecule has 0 heterocycles. The standard InChI is InChI=1S/C19H21NO2/c20-11-13-2-1-3-14(4-13)12-22-18(21)19-8-15-5-16(9-19)7-17(6-15)10-19/h1-4,15-17H,5-10,12H2. The van der Waals surface area contributed by atoms with Crippen LogP contribution in [0.4, 0.5) is 0 Å². The maximum absolute atomic E-state index is 12.7. The zero-order chi connectivity index (χ0) is 15.2. The van der Waals surface area contributed by atoms with E-state index in [1.165, 1.54) is 19.3 Å². The highest BCUT2D eigenvalue weighted by molar-refractivity contribution is 5.77. The molecule has 114 valence electrons.